The molecule has 0 heterocycles. The first kappa shape index (κ1) is 16.2. The van der Waals surface area contributed by atoms with Crippen LogP contribution >= 0.6 is 0 Å². The molecule has 1 aromatic rings. The smallest absolute Gasteiger partial charge is 0.341 e. The van der Waals surface area contributed by atoms with Crippen molar-refractivity contribution in [2.45, 2.75) is 6.92 Å². The maximum Gasteiger partial charge on any atom is 0.341 e. The number of aliphatic carboxylic acids is 1. The Bertz CT molecular complexity index is 575. The Morgan fingerprint density at radius 1 is 1.24 bits per heavy atom. The number of hydrogen-bond acceptors (Lipinski definition) is 6. The van der Waals surface area contributed by atoms with Crippen LogP contribution in [0.25, 0.3) is 6.08 Å². The number of carbonyl (C=O) groups is 3. The topological polar surface area (TPSA) is 99.1 Å². The van der Waals surface area contributed by atoms with Crippen molar-refractivity contribution in [1.82, 2.24) is 0 Å². The molecule has 0 saturated heterocycles. The van der Waals surface area contributed by atoms with Crippen molar-refractivity contribution in [3.05, 3.63) is 29.8 Å². The Hall–Kier alpha value is -2.83. The molecular formula is C14H14O7. The highest BCUT2D eigenvalue weighted by Crippen LogP contribution is 2.28. The second-order valence-electron chi connectivity index (χ2n) is 3.84. The highest BCUT2D eigenvalue weighted by atomic mass is 16.6. The first-order valence-electron chi connectivity index (χ1n) is 5.85. The minimum atomic E-state index is -1.23. The number of ether oxygens (including phenoxy) is 3. The van der Waals surface area contributed by atoms with Crippen LogP contribution in [0.2, 0.25) is 0 Å². The fourth-order valence-electron chi connectivity index (χ4n) is 1.37. The predicted molar refractivity (Wildman–Crippen MR) is 71.9 cm³/mol. The van der Waals surface area contributed by atoms with Crippen LogP contribution in [0, 0.1) is 0 Å². The van der Waals surface area contributed by atoms with Crippen LogP contribution in [0.15, 0.2) is 24.3 Å². The molecule has 0 aliphatic rings. The molecule has 0 aliphatic heterocycles. The van der Waals surface area contributed by atoms with Crippen LogP contribution in [0.3, 0.4) is 0 Å². The molecule has 1 aromatic carbocycles. The van der Waals surface area contributed by atoms with Gasteiger partial charge in [0, 0.05) is 13.0 Å². The second kappa shape index (κ2) is 7.68. The van der Waals surface area contributed by atoms with Crippen molar-refractivity contribution >= 4 is 24.0 Å². The van der Waals surface area contributed by atoms with Crippen LogP contribution in [-0.2, 0) is 19.1 Å². The van der Waals surface area contributed by atoms with Crippen LogP contribution in [0.4, 0.5) is 0 Å². The molecule has 0 aliphatic carbocycles. The fraction of sp³-hybridized carbons (Fsp3) is 0.214. The molecule has 0 amide bonds. The van der Waals surface area contributed by atoms with E-state index in [9.17, 15) is 14.4 Å². The molecule has 0 radical (unpaired) electrons. The number of carboxylic acid groups (broad SMARTS) is 1. The maximum atomic E-state index is 11.2. The summed E-state index contributed by atoms with van der Waals surface area (Å²) in [6.45, 7) is 0.573. The highest BCUT2D eigenvalue weighted by Gasteiger charge is 2.07. The third-order valence-corrected chi connectivity index (χ3v) is 2.19. The predicted octanol–water partition coefficient (Wildman–Crippen LogP) is 1.26. The van der Waals surface area contributed by atoms with Gasteiger partial charge in [-0.2, -0.15) is 0 Å². The highest BCUT2D eigenvalue weighted by molar-refractivity contribution is 5.88. The Morgan fingerprint density at radius 3 is 2.52 bits per heavy atom. The minimum absolute atomic E-state index is 0.260. The standard InChI is InChI=1S/C14H14O7/c1-9(15)21-11-5-3-10(7-12(11)19-2)4-6-14(18)20-8-13(16)17/h3-7H,8H2,1-2H3,(H,16,17). The van der Waals surface area contributed by atoms with Gasteiger partial charge in [0.1, 0.15) is 0 Å². The number of rotatable bonds is 6. The van der Waals surface area contributed by atoms with E-state index in [2.05, 4.69) is 4.74 Å². The molecule has 0 saturated carbocycles. The average Bonchev–Trinajstić information content (AvgIpc) is 2.43. The Balaban J connectivity index is 2.78. The summed E-state index contributed by atoms with van der Waals surface area (Å²) < 4.78 is 14.4. The molecular weight excluding hydrogens is 280 g/mol. The van der Waals surface area contributed by atoms with Crippen molar-refractivity contribution in [2.24, 2.45) is 0 Å². The molecule has 0 fully saturated rings. The lowest BCUT2D eigenvalue weighted by Crippen LogP contribution is -2.10. The summed E-state index contributed by atoms with van der Waals surface area (Å²) in [5, 5.41) is 8.36. The molecule has 0 spiro atoms. The van der Waals surface area contributed by atoms with Crippen LogP contribution in [0.5, 0.6) is 11.5 Å². The fourth-order valence-corrected chi connectivity index (χ4v) is 1.37. The minimum Gasteiger partial charge on any atom is -0.493 e. The number of benzene rings is 1. The Kier molecular flexibility index (Phi) is 5.94. The zero-order valence-corrected chi connectivity index (χ0v) is 11.5. The van der Waals surface area contributed by atoms with Gasteiger partial charge < -0.3 is 19.3 Å². The number of carboxylic acids is 1. The third-order valence-electron chi connectivity index (χ3n) is 2.19. The zero-order valence-electron chi connectivity index (χ0n) is 11.5. The normalized spacial score (nSPS) is 10.2. The summed E-state index contributed by atoms with van der Waals surface area (Å²) in [4.78, 5) is 32.3. The molecule has 1 N–H and O–H groups in total. The number of methoxy groups -OCH3 is 1. The van der Waals surface area contributed by atoms with Crippen LogP contribution in [0.1, 0.15) is 12.5 Å². The Labute approximate surface area is 120 Å². The van der Waals surface area contributed by atoms with Crippen molar-refractivity contribution in [2.75, 3.05) is 13.7 Å². The van der Waals surface area contributed by atoms with E-state index in [0.29, 0.717) is 11.3 Å². The van der Waals surface area contributed by atoms with E-state index in [1.54, 1.807) is 12.1 Å². The molecule has 21 heavy (non-hydrogen) atoms. The van der Waals surface area contributed by atoms with E-state index in [4.69, 9.17) is 14.6 Å². The lowest BCUT2D eigenvalue weighted by atomic mass is 10.2. The van der Waals surface area contributed by atoms with Crippen molar-refractivity contribution in [3.63, 3.8) is 0 Å². The number of carbonyl (C=O) groups excluding carboxylic acids is 2. The number of hydrogen-bond donors (Lipinski definition) is 1. The molecule has 0 bridgehead atoms. The molecule has 0 aromatic heterocycles. The maximum absolute atomic E-state index is 11.2. The molecule has 112 valence electrons. The Morgan fingerprint density at radius 2 is 1.95 bits per heavy atom. The van der Waals surface area contributed by atoms with Gasteiger partial charge in [0.05, 0.1) is 7.11 Å². The summed E-state index contributed by atoms with van der Waals surface area (Å²) in [6.07, 6.45) is 2.51. The molecule has 7 nitrogen and oxygen atoms in total. The summed E-state index contributed by atoms with van der Waals surface area (Å²) in [6, 6.07) is 4.67. The van der Waals surface area contributed by atoms with Gasteiger partial charge in [-0.05, 0) is 23.8 Å². The van der Waals surface area contributed by atoms with E-state index < -0.39 is 24.5 Å². The summed E-state index contributed by atoms with van der Waals surface area (Å²) >= 11 is 0. The van der Waals surface area contributed by atoms with Gasteiger partial charge in [-0.1, -0.05) is 6.07 Å². The van der Waals surface area contributed by atoms with E-state index in [-0.39, 0.29) is 5.75 Å². The lowest BCUT2D eigenvalue weighted by Gasteiger charge is -2.08. The monoisotopic (exact) mass is 294 g/mol. The van der Waals surface area contributed by atoms with Gasteiger partial charge in [-0.3, -0.25) is 4.79 Å². The summed E-state index contributed by atoms with van der Waals surface area (Å²) in [7, 11) is 1.41. The van der Waals surface area contributed by atoms with Crippen molar-refractivity contribution < 1.29 is 33.7 Å². The molecule has 0 unspecified atom stereocenters. The van der Waals surface area contributed by atoms with Gasteiger partial charge in [-0.25, -0.2) is 9.59 Å². The van der Waals surface area contributed by atoms with Gasteiger partial charge >= 0.3 is 17.9 Å². The average molecular weight is 294 g/mol. The lowest BCUT2D eigenvalue weighted by molar-refractivity contribution is -0.151. The van der Waals surface area contributed by atoms with E-state index in [1.165, 1.54) is 26.2 Å². The molecule has 0 atom stereocenters. The zero-order chi connectivity index (χ0) is 15.8. The quantitative estimate of drug-likeness (QED) is 0.479. The van der Waals surface area contributed by atoms with Crippen LogP contribution < -0.4 is 9.47 Å². The van der Waals surface area contributed by atoms with Gasteiger partial charge in [-0.15, -0.1) is 0 Å². The van der Waals surface area contributed by atoms with Gasteiger partial charge in [0.2, 0.25) is 0 Å². The van der Waals surface area contributed by atoms with E-state index in [0.717, 1.165) is 6.08 Å². The first-order valence-corrected chi connectivity index (χ1v) is 5.85. The summed E-state index contributed by atoms with van der Waals surface area (Å²) in [5.74, 6) is -1.90. The van der Waals surface area contributed by atoms with Crippen molar-refractivity contribution in [1.29, 1.82) is 0 Å². The number of esters is 2. The van der Waals surface area contributed by atoms with Gasteiger partial charge in [0.15, 0.2) is 18.1 Å². The first-order chi connectivity index (χ1) is 9.92. The van der Waals surface area contributed by atoms with E-state index >= 15 is 0 Å². The van der Waals surface area contributed by atoms with Crippen LogP contribution in [-0.4, -0.2) is 36.7 Å². The molecule has 7 heteroatoms. The second-order valence-corrected chi connectivity index (χ2v) is 3.84. The van der Waals surface area contributed by atoms with E-state index in [1.807, 2.05) is 0 Å². The van der Waals surface area contributed by atoms with Gasteiger partial charge in [0.25, 0.3) is 0 Å². The molecule has 1 rings (SSSR count). The summed E-state index contributed by atoms with van der Waals surface area (Å²) in [5.41, 5.74) is 0.593. The largest absolute Gasteiger partial charge is 0.493 e. The third kappa shape index (κ3) is 5.77. The SMILES string of the molecule is COc1cc(C=CC(=O)OCC(=O)O)ccc1OC(C)=O. The van der Waals surface area contributed by atoms with Crippen molar-refractivity contribution in [3.8, 4) is 11.5 Å².